The maximum atomic E-state index is 13.0. The van der Waals surface area contributed by atoms with Crippen LogP contribution in [0.5, 0.6) is 0 Å². The molecule has 0 saturated heterocycles. The van der Waals surface area contributed by atoms with Gasteiger partial charge in [-0.05, 0) is 48.9 Å². The summed E-state index contributed by atoms with van der Waals surface area (Å²) >= 11 is 0. The third kappa shape index (κ3) is 3.46. The third-order valence-corrected chi connectivity index (χ3v) is 4.42. The first-order valence-corrected chi connectivity index (χ1v) is 8.31. The van der Waals surface area contributed by atoms with Crippen molar-refractivity contribution >= 4 is 5.91 Å². The highest BCUT2D eigenvalue weighted by atomic mass is 19.1. The topological polar surface area (TPSA) is 78.0 Å². The highest BCUT2D eigenvalue weighted by molar-refractivity contribution is 5.94. The Kier molecular flexibility index (Phi) is 4.81. The summed E-state index contributed by atoms with van der Waals surface area (Å²) in [5, 5.41) is 2.84. The molecule has 3 aromatic rings. The van der Waals surface area contributed by atoms with Crippen LogP contribution in [0.2, 0.25) is 0 Å². The van der Waals surface area contributed by atoms with Gasteiger partial charge >= 0.3 is 11.4 Å². The van der Waals surface area contributed by atoms with Crippen LogP contribution < -0.4 is 16.7 Å². The van der Waals surface area contributed by atoms with Crippen LogP contribution in [0.15, 0.2) is 58.1 Å². The summed E-state index contributed by atoms with van der Waals surface area (Å²) in [5.41, 5.74) is 0.761. The van der Waals surface area contributed by atoms with Gasteiger partial charge in [-0.1, -0.05) is 12.1 Å². The van der Waals surface area contributed by atoms with E-state index >= 15 is 0 Å². The monoisotopic (exact) mass is 370 g/mol. The first kappa shape index (κ1) is 18.4. The molecule has 1 aromatic heterocycles. The molecule has 0 saturated carbocycles. The van der Waals surface area contributed by atoms with Crippen LogP contribution in [0.25, 0.3) is 5.69 Å². The van der Waals surface area contributed by atoms with E-state index in [1.807, 2.05) is 0 Å². The van der Waals surface area contributed by atoms with Crippen molar-refractivity contribution in [3.63, 3.8) is 0 Å². The number of nitrogens with one attached hydrogen (secondary N) is 1. The van der Waals surface area contributed by atoms with E-state index in [4.69, 9.17) is 0 Å². The number of nitrogens with zero attached hydrogens (tertiary/aromatic N) is 3. The van der Waals surface area contributed by atoms with Gasteiger partial charge in [-0.3, -0.25) is 4.79 Å². The number of hydrogen-bond acceptors (Lipinski definition) is 3. The number of carbonyl (C=O) groups excluding carboxylic acids is 1. The Morgan fingerprint density at radius 1 is 0.963 bits per heavy atom. The molecule has 1 heterocycles. The number of hydrogen-bond donors (Lipinski definition) is 1. The van der Waals surface area contributed by atoms with Gasteiger partial charge in [0.15, 0.2) is 0 Å². The summed E-state index contributed by atoms with van der Waals surface area (Å²) in [4.78, 5) is 36.4. The quantitative estimate of drug-likeness (QED) is 0.756. The molecule has 0 spiro atoms. The highest BCUT2D eigenvalue weighted by Crippen LogP contribution is 2.14. The van der Waals surface area contributed by atoms with Crippen molar-refractivity contribution in [3.8, 4) is 5.69 Å². The zero-order valence-electron chi connectivity index (χ0n) is 15.1. The van der Waals surface area contributed by atoms with Crippen molar-refractivity contribution in [2.45, 2.75) is 13.0 Å². The van der Waals surface area contributed by atoms with Gasteiger partial charge in [0.25, 0.3) is 5.91 Å². The first-order valence-electron chi connectivity index (χ1n) is 8.31. The lowest BCUT2D eigenvalue weighted by atomic mass is 10.1. The lowest BCUT2D eigenvalue weighted by molar-refractivity contribution is 0.0940. The van der Waals surface area contributed by atoms with Crippen LogP contribution in [0, 0.1) is 5.82 Å². The molecule has 0 bridgehead atoms. The molecule has 2 aromatic carbocycles. The molecular formula is C19H19FN4O3. The predicted molar refractivity (Wildman–Crippen MR) is 98.5 cm³/mol. The van der Waals surface area contributed by atoms with Crippen molar-refractivity contribution in [1.29, 1.82) is 0 Å². The molecule has 1 atom stereocenters. The molecule has 140 valence electrons. The Morgan fingerprint density at radius 3 is 2.07 bits per heavy atom. The fourth-order valence-corrected chi connectivity index (χ4v) is 2.81. The zero-order valence-corrected chi connectivity index (χ0v) is 15.1. The Bertz CT molecular complexity index is 1090. The number of rotatable bonds is 4. The molecule has 0 aliphatic rings. The second-order valence-corrected chi connectivity index (χ2v) is 6.25. The lowest BCUT2D eigenvalue weighted by Crippen LogP contribution is -2.27. The van der Waals surface area contributed by atoms with E-state index in [1.54, 1.807) is 43.3 Å². The molecule has 0 unspecified atom stereocenters. The van der Waals surface area contributed by atoms with Gasteiger partial charge in [0, 0.05) is 19.7 Å². The molecule has 0 radical (unpaired) electrons. The van der Waals surface area contributed by atoms with Gasteiger partial charge < -0.3 is 5.32 Å². The van der Waals surface area contributed by atoms with E-state index in [2.05, 4.69) is 5.32 Å². The zero-order chi connectivity index (χ0) is 19.7. The Labute approximate surface area is 154 Å². The largest absolute Gasteiger partial charge is 0.351 e. The second-order valence-electron chi connectivity index (χ2n) is 6.25. The first-order chi connectivity index (χ1) is 12.8. The van der Waals surface area contributed by atoms with E-state index in [0.29, 0.717) is 11.3 Å². The summed E-state index contributed by atoms with van der Waals surface area (Å²) < 4.78 is 16.4. The van der Waals surface area contributed by atoms with E-state index in [9.17, 15) is 18.8 Å². The Hall–Kier alpha value is -3.42. The van der Waals surface area contributed by atoms with Crippen LogP contribution in [-0.2, 0) is 14.1 Å². The number of carbonyl (C=O) groups is 1. The van der Waals surface area contributed by atoms with Crippen LogP contribution in [0.1, 0.15) is 28.9 Å². The highest BCUT2D eigenvalue weighted by Gasteiger charge is 2.14. The maximum absolute atomic E-state index is 13.0. The van der Waals surface area contributed by atoms with E-state index in [-0.39, 0.29) is 17.8 Å². The third-order valence-electron chi connectivity index (χ3n) is 4.42. The summed E-state index contributed by atoms with van der Waals surface area (Å²) in [6.07, 6.45) is 0. The van der Waals surface area contributed by atoms with Crippen LogP contribution in [0.3, 0.4) is 0 Å². The minimum Gasteiger partial charge on any atom is -0.346 e. The average Bonchev–Trinajstić information content (AvgIpc) is 2.85. The average molecular weight is 370 g/mol. The second kappa shape index (κ2) is 7.06. The minimum absolute atomic E-state index is 0.296. The molecular weight excluding hydrogens is 351 g/mol. The van der Waals surface area contributed by atoms with Gasteiger partial charge in [-0.25, -0.2) is 23.2 Å². The fourth-order valence-electron chi connectivity index (χ4n) is 2.81. The molecule has 3 rings (SSSR count). The van der Waals surface area contributed by atoms with Crippen molar-refractivity contribution in [2.24, 2.45) is 14.1 Å². The molecule has 7 nitrogen and oxygen atoms in total. The summed E-state index contributed by atoms with van der Waals surface area (Å²) in [7, 11) is 2.90. The number of aromatic nitrogens is 3. The van der Waals surface area contributed by atoms with Gasteiger partial charge in [0.05, 0.1) is 11.7 Å². The Balaban J connectivity index is 1.80. The van der Waals surface area contributed by atoms with Crippen molar-refractivity contribution in [2.75, 3.05) is 0 Å². The molecule has 1 amide bonds. The smallest absolute Gasteiger partial charge is 0.346 e. The molecule has 27 heavy (non-hydrogen) atoms. The van der Waals surface area contributed by atoms with Crippen LogP contribution >= 0.6 is 0 Å². The summed E-state index contributed by atoms with van der Waals surface area (Å²) in [5.74, 6) is -0.633. The van der Waals surface area contributed by atoms with Gasteiger partial charge in [0.1, 0.15) is 5.82 Å². The summed E-state index contributed by atoms with van der Waals surface area (Å²) in [6, 6.07) is 12.0. The normalized spacial score (nSPS) is 12.0. The summed E-state index contributed by atoms with van der Waals surface area (Å²) in [6.45, 7) is 1.80. The van der Waals surface area contributed by atoms with E-state index in [0.717, 1.165) is 10.1 Å². The maximum Gasteiger partial charge on any atom is 0.351 e. The van der Waals surface area contributed by atoms with Gasteiger partial charge in [-0.15, -0.1) is 0 Å². The SMILES string of the molecule is C[C@@H](NC(=O)c1ccc(-n2c(=O)n(C)c(=O)n2C)cc1)c1ccc(F)cc1. The minimum atomic E-state index is -0.468. The Morgan fingerprint density at radius 2 is 1.56 bits per heavy atom. The fraction of sp³-hybridized carbons (Fsp3) is 0.211. The van der Waals surface area contributed by atoms with Crippen molar-refractivity contribution < 1.29 is 9.18 Å². The number of benzene rings is 2. The van der Waals surface area contributed by atoms with Crippen molar-refractivity contribution in [3.05, 3.63) is 86.4 Å². The lowest BCUT2D eigenvalue weighted by Gasteiger charge is -2.14. The molecule has 0 aliphatic carbocycles. The number of amides is 1. The van der Waals surface area contributed by atoms with Crippen molar-refractivity contribution in [1.82, 2.24) is 19.2 Å². The molecule has 0 fully saturated rings. The van der Waals surface area contributed by atoms with E-state index in [1.165, 1.54) is 35.6 Å². The predicted octanol–water partition coefficient (Wildman–Crippen LogP) is 1.50. The van der Waals surface area contributed by atoms with Gasteiger partial charge in [0.2, 0.25) is 0 Å². The molecule has 8 heteroatoms. The van der Waals surface area contributed by atoms with Gasteiger partial charge in [-0.2, -0.15) is 4.68 Å². The number of halogens is 1. The van der Waals surface area contributed by atoms with Crippen LogP contribution in [-0.4, -0.2) is 19.8 Å². The van der Waals surface area contributed by atoms with Crippen LogP contribution in [0.4, 0.5) is 4.39 Å². The molecule has 0 aliphatic heterocycles. The van der Waals surface area contributed by atoms with E-state index < -0.39 is 11.4 Å². The standard InChI is InChI=1S/C19H19FN4O3/c1-12(13-4-8-15(20)9-5-13)21-17(25)14-6-10-16(11-7-14)24-19(27)22(2)18(26)23(24)3/h4-12H,1-3H3,(H,21,25)/t12-/m1/s1. The molecule has 1 N–H and O–H groups in total.